The lowest BCUT2D eigenvalue weighted by Gasteiger charge is -2.24. The van der Waals surface area contributed by atoms with Crippen LogP contribution in [0, 0.1) is 0 Å². The van der Waals surface area contributed by atoms with Crippen LogP contribution in [-0.4, -0.2) is 21.3 Å². The highest BCUT2D eigenvalue weighted by atomic mass is 15.3. The fourth-order valence-corrected chi connectivity index (χ4v) is 2.89. The molecule has 1 aromatic heterocycles. The minimum absolute atomic E-state index is 0.181. The summed E-state index contributed by atoms with van der Waals surface area (Å²) in [6.07, 6.45) is 1.04. The molecule has 1 unspecified atom stereocenters. The summed E-state index contributed by atoms with van der Waals surface area (Å²) < 4.78 is 2.26. The molecule has 1 atom stereocenters. The lowest BCUT2D eigenvalue weighted by molar-refractivity contribution is 0.407. The molecule has 21 heavy (non-hydrogen) atoms. The van der Waals surface area contributed by atoms with Crippen molar-refractivity contribution in [2.45, 2.75) is 52.1 Å². The minimum atomic E-state index is 0.181. The number of nitrogens with one attached hydrogen (secondary N) is 1. The summed E-state index contributed by atoms with van der Waals surface area (Å²) in [5.74, 6) is 2.06. The van der Waals surface area contributed by atoms with Crippen molar-refractivity contribution in [3.8, 4) is 11.4 Å². The monoisotopic (exact) mass is 284 g/mol. The maximum absolute atomic E-state index is 4.43. The first-order valence-corrected chi connectivity index (χ1v) is 7.78. The largest absolute Gasteiger partial charge is 0.308 e. The van der Waals surface area contributed by atoms with Crippen LogP contribution in [0.5, 0.6) is 0 Å². The fourth-order valence-electron chi connectivity index (χ4n) is 2.89. The fraction of sp³-hybridized carbons (Fsp3) is 0.529. The molecule has 0 amide bonds. The molecule has 112 valence electrons. The van der Waals surface area contributed by atoms with Gasteiger partial charge in [-0.1, -0.05) is 52.0 Å². The first kappa shape index (κ1) is 14.3. The van der Waals surface area contributed by atoms with Gasteiger partial charge in [-0.3, -0.25) is 0 Å². The Labute approximate surface area is 126 Å². The molecule has 1 aromatic carbocycles. The summed E-state index contributed by atoms with van der Waals surface area (Å²) in [7, 11) is 0. The third-order valence-electron chi connectivity index (χ3n) is 4.23. The molecule has 0 saturated carbocycles. The Morgan fingerprint density at radius 2 is 1.90 bits per heavy atom. The van der Waals surface area contributed by atoms with E-state index in [1.54, 1.807) is 0 Å². The highest BCUT2D eigenvalue weighted by Crippen LogP contribution is 2.28. The van der Waals surface area contributed by atoms with Crippen LogP contribution in [0.1, 0.15) is 51.5 Å². The molecule has 0 radical (unpaired) electrons. The number of aromatic nitrogens is 3. The highest BCUT2D eigenvalue weighted by molar-refractivity contribution is 5.56. The van der Waals surface area contributed by atoms with Crippen molar-refractivity contribution in [2.75, 3.05) is 6.54 Å². The van der Waals surface area contributed by atoms with E-state index in [0.717, 1.165) is 36.7 Å². The maximum Gasteiger partial charge on any atom is 0.164 e. The molecule has 1 aliphatic rings. The van der Waals surface area contributed by atoms with Crippen molar-refractivity contribution < 1.29 is 0 Å². The molecule has 0 bridgehead atoms. The van der Waals surface area contributed by atoms with Gasteiger partial charge in [0.25, 0.3) is 0 Å². The standard InChI is InChI=1S/C17H24N4/c1-5-14-16-20-19-15(21(16)11-10-18-14)12-6-8-13(9-7-12)17(2,3)4/h6-9,14,18H,5,10-11H2,1-4H3. The smallest absolute Gasteiger partial charge is 0.164 e. The predicted octanol–water partition coefficient (Wildman–Crippen LogP) is 3.30. The molecule has 0 aliphatic carbocycles. The first-order valence-electron chi connectivity index (χ1n) is 7.78. The second-order valence-corrected chi connectivity index (χ2v) is 6.78. The van der Waals surface area contributed by atoms with Gasteiger partial charge in [0.05, 0.1) is 6.04 Å². The summed E-state index contributed by atoms with van der Waals surface area (Å²) in [6, 6.07) is 9.07. The number of hydrogen-bond donors (Lipinski definition) is 1. The quantitative estimate of drug-likeness (QED) is 0.920. The number of fused-ring (bicyclic) bond motifs is 1. The van der Waals surface area contributed by atoms with Crippen molar-refractivity contribution >= 4 is 0 Å². The number of hydrogen-bond acceptors (Lipinski definition) is 3. The molecular weight excluding hydrogens is 260 g/mol. The van der Waals surface area contributed by atoms with E-state index in [-0.39, 0.29) is 5.41 Å². The summed E-state index contributed by atoms with van der Waals surface area (Å²) >= 11 is 0. The van der Waals surface area contributed by atoms with Gasteiger partial charge in [-0.05, 0) is 17.4 Å². The Kier molecular flexibility index (Phi) is 3.57. The normalized spacial score (nSPS) is 18.6. The second kappa shape index (κ2) is 5.26. The Hall–Kier alpha value is -1.68. The van der Waals surface area contributed by atoms with Gasteiger partial charge < -0.3 is 9.88 Å². The Morgan fingerprint density at radius 3 is 2.52 bits per heavy atom. The molecule has 3 rings (SSSR count). The lowest BCUT2D eigenvalue weighted by Crippen LogP contribution is -2.33. The molecule has 0 spiro atoms. The van der Waals surface area contributed by atoms with E-state index in [1.165, 1.54) is 5.56 Å². The average Bonchev–Trinajstić information content (AvgIpc) is 2.90. The van der Waals surface area contributed by atoms with Crippen LogP contribution >= 0.6 is 0 Å². The van der Waals surface area contributed by atoms with Gasteiger partial charge in [0, 0.05) is 18.7 Å². The molecular formula is C17H24N4. The van der Waals surface area contributed by atoms with E-state index in [4.69, 9.17) is 0 Å². The molecule has 0 saturated heterocycles. The average molecular weight is 284 g/mol. The van der Waals surface area contributed by atoms with Crippen LogP contribution in [0.4, 0.5) is 0 Å². The number of rotatable bonds is 2. The van der Waals surface area contributed by atoms with Crippen LogP contribution in [0.3, 0.4) is 0 Å². The summed E-state index contributed by atoms with van der Waals surface area (Å²) in [6.45, 7) is 10.8. The molecule has 1 N–H and O–H groups in total. The van der Waals surface area contributed by atoms with Crippen LogP contribution in [0.2, 0.25) is 0 Å². The van der Waals surface area contributed by atoms with Crippen molar-refractivity contribution in [1.29, 1.82) is 0 Å². The van der Waals surface area contributed by atoms with Gasteiger partial charge in [0.2, 0.25) is 0 Å². The van der Waals surface area contributed by atoms with Crippen molar-refractivity contribution in [3.05, 3.63) is 35.7 Å². The molecule has 0 fully saturated rings. The third kappa shape index (κ3) is 2.60. The zero-order valence-electron chi connectivity index (χ0n) is 13.3. The zero-order chi connectivity index (χ0) is 15.0. The van der Waals surface area contributed by atoms with Crippen LogP contribution in [-0.2, 0) is 12.0 Å². The molecule has 4 heteroatoms. The first-order chi connectivity index (χ1) is 10.0. The number of benzene rings is 1. The second-order valence-electron chi connectivity index (χ2n) is 6.78. The summed E-state index contributed by atoms with van der Waals surface area (Å²) in [4.78, 5) is 0. The van der Waals surface area contributed by atoms with E-state index >= 15 is 0 Å². The summed E-state index contributed by atoms with van der Waals surface area (Å²) in [5, 5.41) is 12.3. The minimum Gasteiger partial charge on any atom is -0.308 e. The van der Waals surface area contributed by atoms with Gasteiger partial charge in [-0.15, -0.1) is 10.2 Å². The third-order valence-corrected chi connectivity index (χ3v) is 4.23. The van der Waals surface area contributed by atoms with Crippen LogP contribution in [0.15, 0.2) is 24.3 Å². The zero-order valence-corrected chi connectivity index (χ0v) is 13.3. The van der Waals surface area contributed by atoms with Gasteiger partial charge in [-0.25, -0.2) is 0 Å². The van der Waals surface area contributed by atoms with Crippen molar-refractivity contribution in [1.82, 2.24) is 20.1 Å². The molecule has 2 heterocycles. The van der Waals surface area contributed by atoms with E-state index in [2.05, 4.69) is 72.0 Å². The van der Waals surface area contributed by atoms with Crippen LogP contribution in [0.25, 0.3) is 11.4 Å². The lowest BCUT2D eigenvalue weighted by atomic mass is 9.86. The predicted molar refractivity (Wildman–Crippen MR) is 85.2 cm³/mol. The van der Waals surface area contributed by atoms with Gasteiger partial charge in [0.15, 0.2) is 11.6 Å². The van der Waals surface area contributed by atoms with Crippen LogP contribution < -0.4 is 5.32 Å². The highest BCUT2D eigenvalue weighted by Gasteiger charge is 2.24. The Morgan fingerprint density at radius 1 is 1.19 bits per heavy atom. The van der Waals surface area contributed by atoms with Gasteiger partial charge in [-0.2, -0.15) is 0 Å². The van der Waals surface area contributed by atoms with Gasteiger partial charge in [0.1, 0.15) is 0 Å². The van der Waals surface area contributed by atoms with E-state index < -0.39 is 0 Å². The molecule has 1 aliphatic heterocycles. The Bertz CT molecular complexity index is 619. The Balaban J connectivity index is 1.97. The maximum atomic E-state index is 4.43. The SMILES string of the molecule is CCC1NCCn2c(-c3ccc(C(C)(C)C)cc3)nnc21. The van der Waals surface area contributed by atoms with Crippen molar-refractivity contribution in [2.24, 2.45) is 0 Å². The van der Waals surface area contributed by atoms with E-state index in [9.17, 15) is 0 Å². The number of nitrogens with zero attached hydrogens (tertiary/aromatic N) is 3. The van der Waals surface area contributed by atoms with E-state index in [1.807, 2.05) is 0 Å². The van der Waals surface area contributed by atoms with Crippen molar-refractivity contribution in [3.63, 3.8) is 0 Å². The van der Waals surface area contributed by atoms with Gasteiger partial charge >= 0.3 is 0 Å². The topological polar surface area (TPSA) is 42.7 Å². The summed E-state index contributed by atoms with van der Waals surface area (Å²) in [5.41, 5.74) is 2.68. The van der Waals surface area contributed by atoms with E-state index in [0.29, 0.717) is 6.04 Å². The molecule has 4 nitrogen and oxygen atoms in total. The molecule has 2 aromatic rings.